The molecule has 0 amide bonds. The Morgan fingerprint density at radius 1 is 1.27 bits per heavy atom. The average Bonchev–Trinajstić information content (AvgIpc) is 3.32. The Bertz CT molecular complexity index is 486. The third kappa shape index (κ3) is 4.09. The first-order valence-corrected chi connectivity index (χ1v) is 8.84. The number of hydrogen-bond donors (Lipinski definition) is 2. The zero-order valence-electron chi connectivity index (χ0n) is 13.6. The van der Waals surface area contributed by atoms with Crippen molar-refractivity contribution in [2.45, 2.75) is 45.1 Å². The number of likely N-dealkylation sites (tertiary alicyclic amines) is 1. The highest BCUT2D eigenvalue weighted by Gasteiger charge is 2.39. The van der Waals surface area contributed by atoms with E-state index in [0.717, 1.165) is 32.0 Å². The largest absolute Gasteiger partial charge is 0.396 e. The molecule has 0 spiro atoms. The summed E-state index contributed by atoms with van der Waals surface area (Å²) in [5, 5.41) is 9.98. The molecule has 1 aliphatic carbocycles. The van der Waals surface area contributed by atoms with Crippen LogP contribution in [0.1, 0.15) is 43.2 Å². The Morgan fingerprint density at radius 3 is 2.82 bits per heavy atom. The van der Waals surface area contributed by atoms with Gasteiger partial charge in [0.05, 0.1) is 0 Å². The number of rotatable bonds is 7. The molecular weight excluding hydrogens is 272 g/mol. The highest BCUT2D eigenvalue weighted by Crippen LogP contribution is 2.44. The minimum atomic E-state index is 0.161. The van der Waals surface area contributed by atoms with Gasteiger partial charge in [-0.15, -0.1) is 0 Å². The monoisotopic (exact) mass is 302 g/mol. The molecule has 22 heavy (non-hydrogen) atoms. The highest BCUT2D eigenvalue weighted by molar-refractivity contribution is 5.23. The summed E-state index contributed by atoms with van der Waals surface area (Å²) in [6, 6.07) is 8.82. The lowest BCUT2D eigenvalue weighted by Gasteiger charge is -2.42. The molecule has 3 rings (SSSR count). The van der Waals surface area contributed by atoms with Gasteiger partial charge in [0.2, 0.25) is 0 Å². The van der Waals surface area contributed by atoms with Crippen molar-refractivity contribution in [3.63, 3.8) is 0 Å². The minimum Gasteiger partial charge on any atom is -0.396 e. The van der Waals surface area contributed by atoms with Crippen LogP contribution in [0.25, 0.3) is 0 Å². The summed E-state index contributed by atoms with van der Waals surface area (Å²) in [5.74, 6) is 0.889. The van der Waals surface area contributed by atoms with E-state index in [1.807, 2.05) is 0 Å². The van der Waals surface area contributed by atoms with Crippen molar-refractivity contribution in [1.82, 2.24) is 4.90 Å². The Hall–Kier alpha value is -0.900. The molecule has 0 bridgehead atoms. The molecule has 122 valence electrons. The van der Waals surface area contributed by atoms with Gasteiger partial charge in [-0.3, -0.25) is 4.90 Å². The van der Waals surface area contributed by atoms with Crippen molar-refractivity contribution in [3.05, 3.63) is 35.4 Å². The molecule has 1 atom stereocenters. The number of aliphatic hydroxyl groups is 1. The zero-order valence-corrected chi connectivity index (χ0v) is 13.6. The van der Waals surface area contributed by atoms with Crippen LogP contribution in [0, 0.1) is 11.3 Å². The van der Waals surface area contributed by atoms with Crippen LogP contribution in [-0.2, 0) is 13.0 Å². The van der Waals surface area contributed by atoms with Crippen molar-refractivity contribution < 1.29 is 5.11 Å². The molecule has 1 heterocycles. The number of nitrogens with two attached hydrogens (primary N) is 1. The van der Waals surface area contributed by atoms with Crippen molar-refractivity contribution in [3.8, 4) is 0 Å². The third-order valence-electron chi connectivity index (χ3n) is 5.33. The van der Waals surface area contributed by atoms with E-state index in [-0.39, 0.29) is 5.41 Å². The quantitative estimate of drug-likeness (QED) is 0.814. The van der Waals surface area contributed by atoms with E-state index in [4.69, 9.17) is 5.73 Å². The summed E-state index contributed by atoms with van der Waals surface area (Å²) in [6.45, 7) is 4.29. The minimum absolute atomic E-state index is 0.161. The van der Waals surface area contributed by atoms with Gasteiger partial charge in [0, 0.05) is 25.1 Å². The molecule has 1 aromatic carbocycles. The van der Waals surface area contributed by atoms with Crippen LogP contribution < -0.4 is 5.73 Å². The van der Waals surface area contributed by atoms with E-state index in [9.17, 15) is 5.11 Å². The summed E-state index contributed by atoms with van der Waals surface area (Å²) in [4.78, 5) is 2.55. The van der Waals surface area contributed by atoms with Gasteiger partial charge in [0.15, 0.2) is 0 Å². The smallest absolute Gasteiger partial charge is 0.0499 e. The van der Waals surface area contributed by atoms with Gasteiger partial charge in [0.1, 0.15) is 0 Å². The first-order chi connectivity index (χ1) is 10.7. The first-order valence-electron chi connectivity index (χ1n) is 8.84. The van der Waals surface area contributed by atoms with Crippen LogP contribution in [0.2, 0.25) is 0 Å². The van der Waals surface area contributed by atoms with Gasteiger partial charge >= 0.3 is 0 Å². The van der Waals surface area contributed by atoms with Crippen LogP contribution in [0.4, 0.5) is 0 Å². The predicted octanol–water partition coefficient (Wildman–Crippen LogP) is 2.56. The van der Waals surface area contributed by atoms with Crippen molar-refractivity contribution in [2.24, 2.45) is 17.1 Å². The lowest BCUT2D eigenvalue weighted by atomic mass is 9.76. The van der Waals surface area contributed by atoms with Crippen LogP contribution in [0.3, 0.4) is 0 Å². The molecule has 1 saturated carbocycles. The highest BCUT2D eigenvalue weighted by atomic mass is 16.3. The van der Waals surface area contributed by atoms with Gasteiger partial charge in [-0.1, -0.05) is 37.1 Å². The maximum absolute atomic E-state index is 9.98. The summed E-state index contributed by atoms with van der Waals surface area (Å²) in [7, 11) is 0. The van der Waals surface area contributed by atoms with Crippen molar-refractivity contribution in [2.75, 3.05) is 26.2 Å². The van der Waals surface area contributed by atoms with Crippen LogP contribution in [0.5, 0.6) is 0 Å². The topological polar surface area (TPSA) is 49.5 Å². The van der Waals surface area contributed by atoms with Gasteiger partial charge in [-0.2, -0.15) is 0 Å². The fraction of sp³-hybridized carbons (Fsp3) is 0.684. The second kappa shape index (κ2) is 7.12. The number of hydrogen-bond acceptors (Lipinski definition) is 3. The maximum atomic E-state index is 9.98. The Morgan fingerprint density at radius 2 is 2.09 bits per heavy atom. The molecule has 1 saturated heterocycles. The average molecular weight is 302 g/mol. The molecule has 2 fully saturated rings. The Kier molecular flexibility index (Phi) is 5.17. The Labute approximate surface area is 134 Å². The van der Waals surface area contributed by atoms with Crippen LogP contribution in [0.15, 0.2) is 24.3 Å². The van der Waals surface area contributed by atoms with Crippen molar-refractivity contribution >= 4 is 0 Å². The number of piperidine rings is 1. The molecule has 0 aromatic heterocycles. The fourth-order valence-electron chi connectivity index (χ4n) is 4.05. The van der Waals surface area contributed by atoms with E-state index in [0.29, 0.717) is 13.2 Å². The molecule has 0 unspecified atom stereocenters. The maximum Gasteiger partial charge on any atom is 0.0499 e. The standard InChI is InChI=1S/C19H30N2O/c20-9-7-16-3-1-4-18(11-16)13-21-10-2-8-19(14-21,15-22)12-17-5-6-17/h1,3-4,11,17,22H,2,5-10,12-15,20H2/t19-/m1/s1. The molecule has 3 nitrogen and oxygen atoms in total. The lowest BCUT2D eigenvalue weighted by Crippen LogP contribution is -2.45. The summed E-state index contributed by atoms with van der Waals surface area (Å²) >= 11 is 0. The van der Waals surface area contributed by atoms with E-state index in [2.05, 4.69) is 29.2 Å². The summed E-state index contributed by atoms with van der Waals surface area (Å²) < 4.78 is 0. The SMILES string of the molecule is NCCc1cccc(CN2CCC[C@@](CO)(CC3CC3)C2)c1. The van der Waals surface area contributed by atoms with Crippen LogP contribution in [-0.4, -0.2) is 36.2 Å². The van der Waals surface area contributed by atoms with E-state index < -0.39 is 0 Å². The molecule has 0 radical (unpaired) electrons. The number of benzene rings is 1. The van der Waals surface area contributed by atoms with Gasteiger partial charge in [0.25, 0.3) is 0 Å². The summed E-state index contributed by atoms with van der Waals surface area (Å²) in [6.07, 6.45) is 7.36. The van der Waals surface area contributed by atoms with E-state index >= 15 is 0 Å². The normalized spacial score (nSPS) is 26.3. The zero-order chi connectivity index (χ0) is 15.4. The molecule has 3 N–H and O–H groups in total. The van der Waals surface area contributed by atoms with Crippen molar-refractivity contribution in [1.29, 1.82) is 0 Å². The van der Waals surface area contributed by atoms with Gasteiger partial charge < -0.3 is 10.8 Å². The lowest BCUT2D eigenvalue weighted by molar-refractivity contribution is 0.0180. The summed E-state index contributed by atoms with van der Waals surface area (Å²) in [5.41, 5.74) is 8.54. The number of nitrogens with zero attached hydrogens (tertiary/aromatic N) is 1. The van der Waals surface area contributed by atoms with E-state index in [1.165, 1.54) is 43.2 Å². The first kappa shape index (κ1) is 16.0. The predicted molar refractivity (Wildman–Crippen MR) is 90.6 cm³/mol. The molecule has 1 aliphatic heterocycles. The molecule has 2 aliphatic rings. The second-order valence-electron chi connectivity index (χ2n) is 7.48. The second-order valence-corrected chi connectivity index (χ2v) is 7.48. The van der Waals surface area contributed by atoms with Gasteiger partial charge in [-0.05, 0) is 55.8 Å². The number of aliphatic hydroxyl groups excluding tert-OH is 1. The molecular formula is C19H30N2O. The van der Waals surface area contributed by atoms with E-state index in [1.54, 1.807) is 0 Å². The Balaban J connectivity index is 1.62. The molecule has 1 aromatic rings. The van der Waals surface area contributed by atoms with Crippen LogP contribution >= 0.6 is 0 Å². The fourth-order valence-corrected chi connectivity index (χ4v) is 4.05. The molecule has 3 heteroatoms. The third-order valence-corrected chi connectivity index (χ3v) is 5.33. The van der Waals surface area contributed by atoms with Gasteiger partial charge in [-0.25, -0.2) is 0 Å².